The largest absolute Gasteiger partial charge is 0.375 e. The molecule has 1 rings (SSSR count). The van der Waals surface area contributed by atoms with Crippen molar-refractivity contribution in [2.75, 3.05) is 33.3 Å². The Balaban J connectivity index is 2.41. The van der Waals surface area contributed by atoms with E-state index in [1.54, 1.807) is 7.11 Å². The molecule has 0 fully saturated rings. The van der Waals surface area contributed by atoms with Crippen molar-refractivity contribution in [2.45, 2.75) is 32.9 Å². The van der Waals surface area contributed by atoms with Crippen LogP contribution in [0.5, 0.6) is 0 Å². The maximum absolute atomic E-state index is 5.57. The summed E-state index contributed by atoms with van der Waals surface area (Å²) in [5, 5.41) is 3.56. The van der Waals surface area contributed by atoms with Gasteiger partial charge in [0.25, 0.3) is 0 Å². The van der Waals surface area contributed by atoms with E-state index >= 15 is 0 Å². The summed E-state index contributed by atoms with van der Waals surface area (Å²) in [7, 11) is 1.77. The molecule has 0 saturated carbocycles. The summed E-state index contributed by atoms with van der Waals surface area (Å²) in [5.74, 6) is 0. The van der Waals surface area contributed by atoms with E-state index in [1.807, 2.05) is 6.07 Å². The lowest BCUT2D eigenvalue weighted by atomic mass is 10.1. The van der Waals surface area contributed by atoms with Crippen LogP contribution in [0.15, 0.2) is 30.3 Å². The summed E-state index contributed by atoms with van der Waals surface area (Å²) >= 11 is 0. The van der Waals surface area contributed by atoms with Gasteiger partial charge >= 0.3 is 0 Å². The van der Waals surface area contributed by atoms with Crippen molar-refractivity contribution in [3.05, 3.63) is 35.9 Å². The molecule has 1 aromatic rings. The van der Waals surface area contributed by atoms with Gasteiger partial charge in [-0.3, -0.25) is 0 Å². The molecule has 0 radical (unpaired) electrons. The molecule has 0 bridgehead atoms. The van der Waals surface area contributed by atoms with E-state index in [0.29, 0.717) is 6.04 Å². The number of methoxy groups -OCH3 is 1. The third-order valence-electron chi connectivity index (χ3n) is 3.53. The number of hydrogen-bond acceptors (Lipinski definition) is 3. The molecule has 1 aromatic carbocycles. The van der Waals surface area contributed by atoms with Crippen LogP contribution in [-0.2, 0) is 4.74 Å². The van der Waals surface area contributed by atoms with Crippen molar-refractivity contribution < 1.29 is 4.74 Å². The normalized spacial score (nSPS) is 14.6. The van der Waals surface area contributed by atoms with Crippen LogP contribution in [0.2, 0.25) is 0 Å². The highest BCUT2D eigenvalue weighted by molar-refractivity contribution is 5.17. The van der Waals surface area contributed by atoms with Gasteiger partial charge in [0.1, 0.15) is 0 Å². The van der Waals surface area contributed by atoms with Gasteiger partial charge in [0.05, 0.1) is 6.10 Å². The number of likely N-dealkylation sites (N-methyl/N-ethyl adjacent to an activating group) is 1. The molecule has 0 amide bonds. The highest BCUT2D eigenvalue weighted by Gasteiger charge is 2.12. The lowest BCUT2D eigenvalue weighted by Crippen LogP contribution is -2.40. The van der Waals surface area contributed by atoms with Crippen molar-refractivity contribution in [3.63, 3.8) is 0 Å². The minimum Gasteiger partial charge on any atom is -0.375 e. The van der Waals surface area contributed by atoms with Gasteiger partial charge < -0.3 is 15.0 Å². The molecule has 0 heterocycles. The Morgan fingerprint density at radius 1 is 1.16 bits per heavy atom. The first kappa shape index (κ1) is 16.2. The van der Waals surface area contributed by atoms with Gasteiger partial charge in [-0.15, -0.1) is 0 Å². The van der Waals surface area contributed by atoms with Crippen molar-refractivity contribution in [1.29, 1.82) is 0 Å². The number of ether oxygens (including phenoxy) is 1. The predicted molar refractivity (Wildman–Crippen MR) is 81.4 cm³/mol. The molecule has 0 aliphatic rings. The molecule has 3 nitrogen and oxygen atoms in total. The first-order valence-corrected chi connectivity index (χ1v) is 7.24. The van der Waals surface area contributed by atoms with Crippen molar-refractivity contribution in [1.82, 2.24) is 10.2 Å². The first-order valence-electron chi connectivity index (χ1n) is 7.24. The number of nitrogens with zero attached hydrogens (tertiary/aromatic N) is 1. The monoisotopic (exact) mass is 264 g/mol. The average molecular weight is 264 g/mol. The summed E-state index contributed by atoms with van der Waals surface area (Å²) in [6.45, 7) is 10.8. The fourth-order valence-electron chi connectivity index (χ4n) is 2.25. The van der Waals surface area contributed by atoms with Gasteiger partial charge in [-0.1, -0.05) is 44.2 Å². The van der Waals surface area contributed by atoms with Gasteiger partial charge in [-0.05, 0) is 25.6 Å². The molecule has 0 aliphatic heterocycles. The second-order valence-corrected chi connectivity index (χ2v) is 4.93. The van der Waals surface area contributed by atoms with Crippen LogP contribution in [0.25, 0.3) is 0 Å². The lowest BCUT2D eigenvalue weighted by molar-refractivity contribution is 0.0981. The van der Waals surface area contributed by atoms with Crippen LogP contribution in [0.4, 0.5) is 0 Å². The van der Waals surface area contributed by atoms with E-state index in [1.165, 1.54) is 5.56 Å². The zero-order valence-corrected chi connectivity index (χ0v) is 12.7. The van der Waals surface area contributed by atoms with Crippen LogP contribution < -0.4 is 5.32 Å². The highest BCUT2D eigenvalue weighted by atomic mass is 16.5. The molecule has 1 N–H and O–H groups in total. The minimum atomic E-state index is 0.125. The standard InChI is InChI=1S/C16H28N2O/c1-5-18(6-2)13-14(3)17-12-16(19-4)15-10-8-7-9-11-15/h7-11,14,16-17H,5-6,12-13H2,1-4H3. The van der Waals surface area contributed by atoms with E-state index in [2.05, 4.69) is 55.3 Å². The van der Waals surface area contributed by atoms with Crippen molar-refractivity contribution >= 4 is 0 Å². The Morgan fingerprint density at radius 2 is 1.79 bits per heavy atom. The zero-order chi connectivity index (χ0) is 14.1. The molecule has 19 heavy (non-hydrogen) atoms. The summed E-state index contributed by atoms with van der Waals surface area (Å²) in [4.78, 5) is 2.43. The molecule has 108 valence electrons. The average Bonchev–Trinajstić information content (AvgIpc) is 2.46. The van der Waals surface area contributed by atoms with Gasteiger partial charge in [0.15, 0.2) is 0 Å². The van der Waals surface area contributed by atoms with Crippen LogP contribution in [0, 0.1) is 0 Å². The molecule has 0 aromatic heterocycles. The lowest BCUT2D eigenvalue weighted by Gasteiger charge is -2.25. The Labute approximate surface area is 118 Å². The fourth-order valence-corrected chi connectivity index (χ4v) is 2.25. The second kappa shape index (κ2) is 9.08. The highest BCUT2D eigenvalue weighted by Crippen LogP contribution is 2.15. The minimum absolute atomic E-state index is 0.125. The van der Waals surface area contributed by atoms with E-state index in [4.69, 9.17) is 4.74 Å². The number of rotatable bonds is 9. The third kappa shape index (κ3) is 5.72. The Bertz CT molecular complexity index is 325. The van der Waals surface area contributed by atoms with Crippen LogP contribution >= 0.6 is 0 Å². The third-order valence-corrected chi connectivity index (χ3v) is 3.53. The van der Waals surface area contributed by atoms with Crippen molar-refractivity contribution in [2.24, 2.45) is 0 Å². The number of nitrogens with one attached hydrogen (secondary N) is 1. The molecule has 0 aliphatic carbocycles. The van der Waals surface area contributed by atoms with Crippen LogP contribution in [-0.4, -0.2) is 44.2 Å². The predicted octanol–water partition coefficient (Wildman–Crippen LogP) is 2.69. The summed E-state index contributed by atoms with van der Waals surface area (Å²) in [6, 6.07) is 10.9. The molecule has 2 unspecified atom stereocenters. The van der Waals surface area contributed by atoms with E-state index in [0.717, 1.165) is 26.2 Å². The molecule has 0 spiro atoms. The van der Waals surface area contributed by atoms with Gasteiger partial charge in [-0.2, -0.15) is 0 Å². The van der Waals surface area contributed by atoms with Gasteiger partial charge in [0, 0.05) is 26.2 Å². The maximum Gasteiger partial charge on any atom is 0.0945 e. The second-order valence-electron chi connectivity index (χ2n) is 4.93. The Kier molecular flexibility index (Phi) is 7.72. The summed E-state index contributed by atoms with van der Waals surface area (Å²) in [6.07, 6.45) is 0.125. The smallest absolute Gasteiger partial charge is 0.0945 e. The number of hydrogen-bond donors (Lipinski definition) is 1. The molecular weight excluding hydrogens is 236 g/mol. The summed E-state index contributed by atoms with van der Waals surface area (Å²) in [5.41, 5.74) is 1.23. The Hall–Kier alpha value is -0.900. The van der Waals surface area contributed by atoms with Crippen LogP contribution in [0.3, 0.4) is 0 Å². The topological polar surface area (TPSA) is 24.5 Å². The van der Waals surface area contributed by atoms with Crippen LogP contribution in [0.1, 0.15) is 32.4 Å². The number of benzene rings is 1. The molecule has 3 heteroatoms. The summed E-state index contributed by atoms with van der Waals surface area (Å²) < 4.78 is 5.57. The molecule has 2 atom stereocenters. The van der Waals surface area contributed by atoms with E-state index < -0.39 is 0 Å². The quantitative estimate of drug-likeness (QED) is 0.742. The fraction of sp³-hybridized carbons (Fsp3) is 0.625. The van der Waals surface area contributed by atoms with Gasteiger partial charge in [0.2, 0.25) is 0 Å². The van der Waals surface area contributed by atoms with Crippen molar-refractivity contribution in [3.8, 4) is 0 Å². The van der Waals surface area contributed by atoms with E-state index in [9.17, 15) is 0 Å². The maximum atomic E-state index is 5.57. The molecular formula is C16H28N2O. The first-order chi connectivity index (χ1) is 9.21. The SMILES string of the molecule is CCN(CC)CC(C)NCC(OC)c1ccccc1. The molecule has 0 saturated heterocycles. The van der Waals surface area contributed by atoms with E-state index in [-0.39, 0.29) is 6.10 Å². The zero-order valence-electron chi connectivity index (χ0n) is 12.7. The Morgan fingerprint density at radius 3 is 2.32 bits per heavy atom. The van der Waals surface area contributed by atoms with Gasteiger partial charge in [-0.25, -0.2) is 0 Å².